The molecule has 2 fully saturated rings. The Morgan fingerprint density at radius 1 is 0.971 bits per heavy atom. The van der Waals surface area contributed by atoms with Gasteiger partial charge in [-0.25, -0.2) is 0 Å². The van der Waals surface area contributed by atoms with Gasteiger partial charge in [0, 0.05) is 32.7 Å². The van der Waals surface area contributed by atoms with Crippen molar-refractivity contribution in [3.8, 4) is 0 Å². The van der Waals surface area contributed by atoms with E-state index in [1.54, 1.807) is 0 Å². The molecule has 0 radical (unpaired) electrons. The fourth-order valence-corrected chi connectivity index (χ4v) is 6.45. The van der Waals surface area contributed by atoms with Crippen LogP contribution in [0, 0.1) is 23.7 Å². The SMILES string of the molecule is CC1CCC(C(C)C)C([C@]2(C(=O)O)CN(Cc3ccccc3)CCN2Cc2ccccc2)C1.Cl.O. The summed E-state index contributed by atoms with van der Waals surface area (Å²) in [5.74, 6) is 1.01. The highest BCUT2D eigenvalue weighted by Gasteiger charge is 2.56. The highest BCUT2D eigenvalue weighted by atomic mass is 35.5. The van der Waals surface area contributed by atoms with Gasteiger partial charge < -0.3 is 10.6 Å². The summed E-state index contributed by atoms with van der Waals surface area (Å²) in [6.45, 7) is 10.7. The standard InChI is InChI=1S/C29H40N2O2.ClH.H2O/c1-22(2)26-15-14-23(3)18-27(26)29(28(32)33)21-30(19-24-10-6-4-7-11-24)16-17-31(29)20-25-12-8-5-9-13-25;;/h4-13,22-23,26-27H,14-21H2,1-3H3,(H,32,33);1H;1H2/t23?,26?,27?,29-;;/m0../s1. The molecule has 4 rings (SSSR count). The first kappa shape index (κ1) is 29.3. The van der Waals surface area contributed by atoms with Crippen LogP contribution in [0.15, 0.2) is 60.7 Å². The van der Waals surface area contributed by atoms with Crippen molar-refractivity contribution in [2.24, 2.45) is 23.7 Å². The Labute approximate surface area is 217 Å². The molecule has 194 valence electrons. The summed E-state index contributed by atoms with van der Waals surface area (Å²) in [5.41, 5.74) is 1.59. The first-order chi connectivity index (χ1) is 15.9. The predicted molar refractivity (Wildman–Crippen MR) is 145 cm³/mol. The third-order valence-electron chi connectivity index (χ3n) is 8.19. The molecule has 1 heterocycles. The van der Waals surface area contributed by atoms with Crippen molar-refractivity contribution in [1.82, 2.24) is 9.80 Å². The summed E-state index contributed by atoms with van der Waals surface area (Å²) < 4.78 is 0. The predicted octanol–water partition coefficient (Wildman–Crippen LogP) is 5.13. The number of benzene rings is 2. The van der Waals surface area contributed by atoms with Crippen LogP contribution in [-0.4, -0.2) is 51.5 Å². The van der Waals surface area contributed by atoms with Gasteiger partial charge >= 0.3 is 5.97 Å². The third-order valence-corrected chi connectivity index (χ3v) is 8.19. The summed E-state index contributed by atoms with van der Waals surface area (Å²) in [5, 5.41) is 11.0. The fraction of sp³-hybridized carbons (Fsp3) is 0.552. The summed E-state index contributed by atoms with van der Waals surface area (Å²) in [7, 11) is 0. The Bertz CT molecular complexity index is 911. The van der Waals surface area contributed by atoms with Crippen molar-refractivity contribution in [3.63, 3.8) is 0 Å². The molecule has 2 aliphatic rings. The monoisotopic (exact) mass is 502 g/mol. The summed E-state index contributed by atoms with van der Waals surface area (Å²) in [6.07, 6.45) is 3.34. The zero-order chi connectivity index (χ0) is 23.4. The molecule has 0 aromatic heterocycles. The topological polar surface area (TPSA) is 75.3 Å². The van der Waals surface area contributed by atoms with E-state index < -0.39 is 11.5 Å². The maximum atomic E-state index is 13.4. The molecule has 5 nitrogen and oxygen atoms in total. The first-order valence-corrected chi connectivity index (χ1v) is 12.7. The maximum absolute atomic E-state index is 13.4. The quantitative estimate of drug-likeness (QED) is 0.569. The van der Waals surface area contributed by atoms with Gasteiger partial charge in [0.15, 0.2) is 0 Å². The highest BCUT2D eigenvalue weighted by molar-refractivity contribution is 5.85. The van der Waals surface area contributed by atoms with Crippen molar-refractivity contribution in [2.45, 2.75) is 58.7 Å². The number of carboxylic acid groups (broad SMARTS) is 1. The van der Waals surface area contributed by atoms with Crippen LogP contribution in [0.25, 0.3) is 0 Å². The van der Waals surface area contributed by atoms with Gasteiger partial charge in [0.05, 0.1) is 0 Å². The number of hydrogen-bond acceptors (Lipinski definition) is 3. The number of hydrogen-bond donors (Lipinski definition) is 1. The van der Waals surface area contributed by atoms with Gasteiger partial charge in [-0.3, -0.25) is 14.6 Å². The van der Waals surface area contributed by atoms with E-state index in [-0.39, 0.29) is 23.8 Å². The molecule has 1 aliphatic carbocycles. The highest BCUT2D eigenvalue weighted by Crippen LogP contribution is 2.47. The molecular weight excluding hydrogens is 460 g/mol. The second-order valence-electron chi connectivity index (χ2n) is 10.8. The van der Waals surface area contributed by atoms with Crippen LogP contribution in [0.1, 0.15) is 51.2 Å². The number of piperazine rings is 1. The van der Waals surface area contributed by atoms with Gasteiger partial charge in [-0.15, -0.1) is 12.4 Å². The van der Waals surface area contributed by atoms with Crippen LogP contribution >= 0.6 is 12.4 Å². The molecule has 0 bridgehead atoms. The summed E-state index contributed by atoms with van der Waals surface area (Å²) in [4.78, 5) is 18.1. The molecule has 3 unspecified atom stereocenters. The summed E-state index contributed by atoms with van der Waals surface area (Å²) in [6, 6.07) is 20.9. The molecule has 35 heavy (non-hydrogen) atoms. The maximum Gasteiger partial charge on any atom is 0.325 e. The van der Waals surface area contributed by atoms with E-state index in [0.717, 1.165) is 32.5 Å². The lowest BCUT2D eigenvalue weighted by Gasteiger charge is -2.56. The number of carbonyl (C=O) groups is 1. The van der Waals surface area contributed by atoms with Gasteiger partial charge in [0.25, 0.3) is 0 Å². The molecule has 1 saturated carbocycles. The van der Waals surface area contributed by atoms with Crippen LogP contribution in [0.5, 0.6) is 0 Å². The van der Waals surface area contributed by atoms with Crippen molar-refractivity contribution in [3.05, 3.63) is 71.8 Å². The van der Waals surface area contributed by atoms with Gasteiger partial charge in [-0.1, -0.05) is 87.9 Å². The van der Waals surface area contributed by atoms with Crippen LogP contribution in [0.2, 0.25) is 0 Å². The van der Waals surface area contributed by atoms with E-state index in [2.05, 4.69) is 79.1 Å². The smallest absolute Gasteiger partial charge is 0.325 e. The van der Waals surface area contributed by atoms with E-state index in [1.807, 2.05) is 12.1 Å². The lowest BCUT2D eigenvalue weighted by Crippen LogP contribution is -2.70. The minimum Gasteiger partial charge on any atom is -0.480 e. The van der Waals surface area contributed by atoms with E-state index in [1.165, 1.54) is 17.5 Å². The minimum absolute atomic E-state index is 0. The number of halogens is 1. The molecule has 1 aliphatic heterocycles. The first-order valence-electron chi connectivity index (χ1n) is 12.7. The lowest BCUT2D eigenvalue weighted by atomic mass is 9.61. The van der Waals surface area contributed by atoms with Gasteiger partial charge in [0.1, 0.15) is 5.54 Å². The van der Waals surface area contributed by atoms with Crippen LogP contribution in [-0.2, 0) is 17.9 Å². The largest absolute Gasteiger partial charge is 0.480 e. The Hall–Kier alpha value is -1.92. The normalized spacial score (nSPS) is 27.6. The minimum atomic E-state index is -0.869. The average Bonchev–Trinajstić information content (AvgIpc) is 2.81. The molecule has 0 amide bonds. The number of nitrogens with zero attached hydrogens (tertiary/aromatic N) is 2. The molecule has 0 spiro atoms. The average molecular weight is 503 g/mol. The fourth-order valence-electron chi connectivity index (χ4n) is 6.45. The Balaban J connectivity index is 0.00000216. The van der Waals surface area contributed by atoms with Crippen molar-refractivity contribution in [2.75, 3.05) is 19.6 Å². The van der Waals surface area contributed by atoms with Crippen LogP contribution < -0.4 is 0 Å². The number of carboxylic acids is 1. The van der Waals surface area contributed by atoms with Crippen molar-refractivity contribution < 1.29 is 15.4 Å². The molecule has 2 aromatic carbocycles. The molecule has 4 atom stereocenters. The van der Waals surface area contributed by atoms with Gasteiger partial charge in [-0.05, 0) is 47.6 Å². The zero-order valence-corrected chi connectivity index (χ0v) is 22.2. The van der Waals surface area contributed by atoms with E-state index in [4.69, 9.17) is 0 Å². The second-order valence-corrected chi connectivity index (χ2v) is 10.8. The number of rotatable bonds is 7. The molecule has 2 aromatic rings. The number of aliphatic carboxylic acids is 1. The van der Waals surface area contributed by atoms with Crippen molar-refractivity contribution in [1.29, 1.82) is 0 Å². The van der Waals surface area contributed by atoms with Crippen LogP contribution in [0.3, 0.4) is 0 Å². The lowest BCUT2D eigenvalue weighted by molar-refractivity contribution is -0.171. The Morgan fingerprint density at radius 2 is 1.54 bits per heavy atom. The van der Waals surface area contributed by atoms with E-state index in [0.29, 0.717) is 30.8 Å². The molecule has 6 heteroatoms. The summed E-state index contributed by atoms with van der Waals surface area (Å²) >= 11 is 0. The van der Waals surface area contributed by atoms with Gasteiger partial charge in [0.2, 0.25) is 0 Å². The third kappa shape index (κ3) is 6.45. The molecule has 1 saturated heterocycles. The zero-order valence-electron chi connectivity index (χ0n) is 21.4. The molecular formula is C29H43ClN2O3. The Kier molecular flexibility index (Phi) is 10.8. The van der Waals surface area contributed by atoms with Gasteiger partial charge in [-0.2, -0.15) is 0 Å². The van der Waals surface area contributed by atoms with E-state index in [9.17, 15) is 9.90 Å². The van der Waals surface area contributed by atoms with Crippen LogP contribution in [0.4, 0.5) is 0 Å². The van der Waals surface area contributed by atoms with Crippen molar-refractivity contribution >= 4 is 18.4 Å². The van der Waals surface area contributed by atoms with E-state index >= 15 is 0 Å². The Morgan fingerprint density at radius 3 is 2.09 bits per heavy atom. The second kappa shape index (κ2) is 12.9. The molecule has 3 N–H and O–H groups in total.